The average molecular weight is 351 g/mol. The zero-order valence-electron chi connectivity index (χ0n) is 15.3. The molecule has 3 rings (SSSR count). The number of carbonyl (C=O) groups is 1. The molecule has 0 aliphatic heterocycles. The lowest BCUT2D eigenvalue weighted by atomic mass is 10.0. The Hall–Kier alpha value is -3.15. The van der Waals surface area contributed by atoms with Gasteiger partial charge >= 0.3 is 0 Å². The maximum absolute atomic E-state index is 12.6. The summed E-state index contributed by atoms with van der Waals surface area (Å²) in [5.41, 5.74) is 4.49. The van der Waals surface area contributed by atoms with E-state index >= 15 is 0 Å². The van der Waals surface area contributed by atoms with Crippen molar-refractivity contribution >= 4 is 5.91 Å². The minimum Gasteiger partial charge on any atom is -0.481 e. The SMILES string of the molecule is COc1cc(C)c(-c2ccc(C(=O)N(C)Cc3cc(C)no3)cc2)cn1. The molecule has 0 radical (unpaired) electrons. The molecule has 0 fully saturated rings. The van der Waals surface area contributed by atoms with Crippen molar-refractivity contribution in [3.05, 3.63) is 65.2 Å². The van der Waals surface area contributed by atoms with E-state index in [-0.39, 0.29) is 5.91 Å². The Bertz CT molecular complexity index is 916. The number of aryl methyl sites for hydroxylation is 2. The molecule has 1 aromatic carbocycles. The summed E-state index contributed by atoms with van der Waals surface area (Å²) in [4.78, 5) is 18.5. The van der Waals surface area contributed by atoms with Gasteiger partial charge in [-0.1, -0.05) is 17.3 Å². The predicted molar refractivity (Wildman–Crippen MR) is 98.0 cm³/mol. The Labute approximate surface area is 152 Å². The van der Waals surface area contributed by atoms with Crippen LogP contribution in [0.2, 0.25) is 0 Å². The third kappa shape index (κ3) is 3.74. The highest BCUT2D eigenvalue weighted by atomic mass is 16.5. The van der Waals surface area contributed by atoms with E-state index < -0.39 is 0 Å². The van der Waals surface area contributed by atoms with E-state index in [1.807, 2.05) is 50.2 Å². The fourth-order valence-electron chi connectivity index (χ4n) is 2.75. The van der Waals surface area contributed by atoms with E-state index in [1.54, 1.807) is 25.3 Å². The molecule has 0 N–H and O–H groups in total. The van der Waals surface area contributed by atoms with Gasteiger partial charge in [0.25, 0.3) is 5.91 Å². The lowest BCUT2D eigenvalue weighted by molar-refractivity contribution is 0.0772. The number of pyridine rings is 1. The van der Waals surface area contributed by atoms with Crippen LogP contribution in [0.25, 0.3) is 11.1 Å². The van der Waals surface area contributed by atoms with Crippen LogP contribution < -0.4 is 4.74 Å². The van der Waals surface area contributed by atoms with Gasteiger partial charge in [-0.15, -0.1) is 0 Å². The van der Waals surface area contributed by atoms with Gasteiger partial charge in [0.1, 0.15) is 0 Å². The molecule has 0 bridgehead atoms. The van der Waals surface area contributed by atoms with Crippen LogP contribution >= 0.6 is 0 Å². The molecule has 2 aromatic heterocycles. The Balaban J connectivity index is 1.75. The summed E-state index contributed by atoms with van der Waals surface area (Å²) in [6.07, 6.45) is 1.78. The van der Waals surface area contributed by atoms with Crippen molar-refractivity contribution in [3.8, 4) is 17.0 Å². The second-order valence-electron chi connectivity index (χ2n) is 6.21. The monoisotopic (exact) mass is 351 g/mol. The van der Waals surface area contributed by atoms with E-state index in [1.165, 1.54) is 0 Å². The number of amides is 1. The molecular weight excluding hydrogens is 330 g/mol. The third-order valence-corrected chi connectivity index (χ3v) is 4.15. The normalized spacial score (nSPS) is 10.6. The standard InChI is InChI=1S/C20H21N3O3/c1-13-9-19(25-4)21-11-18(13)15-5-7-16(8-6-15)20(24)23(3)12-17-10-14(2)22-26-17/h5-11H,12H2,1-4H3. The van der Waals surface area contributed by atoms with Gasteiger partial charge in [0, 0.05) is 36.5 Å². The van der Waals surface area contributed by atoms with Crippen LogP contribution in [0.4, 0.5) is 0 Å². The fraction of sp³-hybridized carbons (Fsp3) is 0.250. The van der Waals surface area contributed by atoms with E-state index in [0.29, 0.717) is 23.7 Å². The van der Waals surface area contributed by atoms with Crippen molar-refractivity contribution in [2.45, 2.75) is 20.4 Å². The summed E-state index contributed by atoms with van der Waals surface area (Å²) in [7, 11) is 3.34. The second kappa shape index (κ2) is 7.39. The largest absolute Gasteiger partial charge is 0.481 e. The first-order valence-electron chi connectivity index (χ1n) is 8.26. The first-order chi connectivity index (χ1) is 12.5. The number of benzene rings is 1. The van der Waals surface area contributed by atoms with Crippen LogP contribution in [0, 0.1) is 13.8 Å². The zero-order valence-corrected chi connectivity index (χ0v) is 15.3. The van der Waals surface area contributed by atoms with Crippen molar-refractivity contribution in [2.24, 2.45) is 0 Å². The maximum Gasteiger partial charge on any atom is 0.254 e. The van der Waals surface area contributed by atoms with E-state index in [2.05, 4.69) is 10.1 Å². The van der Waals surface area contributed by atoms with E-state index in [4.69, 9.17) is 9.26 Å². The number of methoxy groups -OCH3 is 1. The number of hydrogen-bond donors (Lipinski definition) is 0. The van der Waals surface area contributed by atoms with Crippen molar-refractivity contribution in [3.63, 3.8) is 0 Å². The molecule has 0 spiro atoms. The van der Waals surface area contributed by atoms with Crippen molar-refractivity contribution in [1.29, 1.82) is 0 Å². The number of ether oxygens (including phenoxy) is 1. The Morgan fingerprint density at radius 2 is 1.92 bits per heavy atom. The Morgan fingerprint density at radius 3 is 2.50 bits per heavy atom. The molecule has 1 amide bonds. The lowest BCUT2D eigenvalue weighted by Crippen LogP contribution is -2.25. The summed E-state index contributed by atoms with van der Waals surface area (Å²) in [6, 6.07) is 11.2. The van der Waals surface area contributed by atoms with Gasteiger partial charge in [0.2, 0.25) is 5.88 Å². The van der Waals surface area contributed by atoms with Gasteiger partial charge < -0.3 is 14.2 Å². The first-order valence-corrected chi connectivity index (χ1v) is 8.26. The van der Waals surface area contributed by atoms with Crippen LogP contribution in [0.3, 0.4) is 0 Å². The molecule has 0 aliphatic carbocycles. The van der Waals surface area contributed by atoms with Gasteiger partial charge in [-0.05, 0) is 37.1 Å². The van der Waals surface area contributed by atoms with Gasteiger partial charge in [-0.2, -0.15) is 0 Å². The molecular formula is C20H21N3O3. The highest BCUT2D eigenvalue weighted by molar-refractivity contribution is 5.94. The molecule has 0 aliphatic rings. The molecule has 0 saturated carbocycles. The molecule has 0 saturated heterocycles. The summed E-state index contributed by atoms with van der Waals surface area (Å²) < 4.78 is 10.3. The number of nitrogens with zero attached hydrogens (tertiary/aromatic N) is 3. The summed E-state index contributed by atoms with van der Waals surface area (Å²) in [5.74, 6) is 1.17. The van der Waals surface area contributed by atoms with Crippen molar-refractivity contribution < 1.29 is 14.1 Å². The highest BCUT2D eigenvalue weighted by Gasteiger charge is 2.14. The number of rotatable bonds is 5. The maximum atomic E-state index is 12.6. The molecule has 0 unspecified atom stereocenters. The average Bonchev–Trinajstić information content (AvgIpc) is 3.05. The smallest absolute Gasteiger partial charge is 0.254 e. The highest BCUT2D eigenvalue weighted by Crippen LogP contribution is 2.25. The molecule has 6 nitrogen and oxygen atoms in total. The topological polar surface area (TPSA) is 68.5 Å². The van der Waals surface area contributed by atoms with Gasteiger partial charge in [-0.3, -0.25) is 4.79 Å². The number of hydrogen-bond acceptors (Lipinski definition) is 5. The van der Waals surface area contributed by atoms with Crippen molar-refractivity contribution in [1.82, 2.24) is 15.0 Å². The summed E-state index contributed by atoms with van der Waals surface area (Å²) in [5, 5.41) is 3.84. The van der Waals surface area contributed by atoms with E-state index in [9.17, 15) is 4.79 Å². The first kappa shape index (κ1) is 17.7. The van der Waals surface area contributed by atoms with Crippen LogP contribution in [-0.4, -0.2) is 35.1 Å². The van der Waals surface area contributed by atoms with Crippen LogP contribution in [0.15, 0.2) is 47.1 Å². The quantitative estimate of drug-likeness (QED) is 0.702. The van der Waals surface area contributed by atoms with Gasteiger partial charge in [-0.25, -0.2) is 4.98 Å². The summed E-state index contributed by atoms with van der Waals surface area (Å²) in [6.45, 7) is 4.23. The predicted octanol–water partition coefficient (Wildman–Crippen LogP) is 3.63. The minimum absolute atomic E-state index is 0.0739. The fourth-order valence-corrected chi connectivity index (χ4v) is 2.75. The number of carbonyl (C=O) groups excluding carboxylic acids is 1. The molecule has 2 heterocycles. The van der Waals surface area contributed by atoms with Crippen LogP contribution in [0.5, 0.6) is 5.88 Å². The molecule has 6 heteroatoms. The lowest BCUT2D eigenvalue weighted by Gasteiger charge is -2.15. The Kier molecular flexibility index (Phi) is 5.02. The van der Waals surface area contributed by atoms with Gasteiger partial charge in [0.15, 0.2) is 5.76 Å². The Morgan fingerprint density at radius 1 is 1.19 bits per heavy atom. The summed E-state index contributed by atoms with van der Waals surface area (Å²) >= 11 is 0. The third-order valence-electron chi connectivity index (χ3n) is 4.15. The van der Waals surface area contributed by atoms with Crippen LogP contribution in [-0.2, 0) is 6.54 Å². The van der Waals surface area contributed by atoms with Crippen molar-refractivity contribution in [2.75, 3.05) is 14.2 Å². The van der Waals surface area contributed by atoms with E-state index in [0.717, 1.165) is 22.4 Å². The van der Waals surface area contributed by atoms with Crippen LogP contribution in [0.1, 0.15) is 27.4 Å². The molecule has 26 heavy (non-hydrogen) atoms. The molecule has 134 valence electrons. The zero-order chi connectivity index (χ0) is 18.7. The number of aromatic nitrogens is 2. The molecule has 0 atom stereocenters. The molecule has 3 aromatic rings. The second-order valence-corrected chi connectivity index (χ2v) is 6.21. The van der Waals surface area contributed by atoms with Gasteiger partial charge in [0.05, 0.1) is 19.3 Å². The minimum atomic E-state index is -0.0739.